The van der Waals surface area contributed by atoms with Gasteiger partial charge in [-0.25, -0.2) is 17.6 Å². The molecular weight excluding hydrogens is 351 g/mol. The zero-order valence-electron chi connectivity index (χ0n) is 13.9. The lowest BCUT2D eigenvalue weighted by atomic mass is 9.90. The van der Waals surface area contributed by atoms with E-state index in [1.807, 2.05) is 7.05 Å². The zero-order chi connectivity index (χ0) is 18.2. The Labute approximate surface area is 146 Å². The molecule has 0 aromatic heterocycles. The molecule has 2 heterocycles. The van der Waals surface area contributed by atoms with Gasteiger partial charge in [-0.15, -0.1) is 0 Å². The number of hydrogen-bond donors (Lipinski definition) is 1. The van der Waals surface area contributed by atoms with Crippen molar-refractivity contribution >= 4 is 16.0 Å². The van der Waals surface area contributed by atoms with E-state index in [2.05, 4.69) is 4.90 Å². The van der Waals surface area contributed by atoms with Crippen LogP contribution in [0.4, 0.5) is 4.39 Å². The van der Waals surface area contributed by atoms with Gasteiger partial charge in [-0.3, -0.25) is 0 Å². The van der Waals surface area contributed by atoms with E-state index in [1.165, 1.54) is 4.31 Å². The smallest absolute Gasteiger partial charge is 0.335 e. The molecule has 25 heavy (non-hydrogen) atoms. The van der Waals surface area contributed by atoms with Crippen molar-refractivity contribution in [3.63, 3.8) is 0 Å². The van der Waals surface area contributed by atoms with Gasteiger partial charge in [-0.1, -0.05) is 0 Å². The summed E-state index contributed by atoms with van der Waals surface area (Å²) in [7, 11) is -2.14. The summed E-state index contributed by atoms with van der Waals surface area (Å²) in [5.41, 5.74) is -0.819. The third-order valence-corrected chi connectivity index (χ3v) is 6.77. The molecule has 1 spiro atoms. The number of morpholine rings is 1. The van der Waals surface area contributed by atoms with Gasteiger partial charge in [0, 0.05) is 26.2 Å². The molecule has 1 aromatic rings. The summed E-state index contributed by atoms with van der Waals surface area (Å²) >= 11 is 0. The fourth-order valence-electron chi connectivity index (χ4n) is 3.32. The van der Waals surface area contributed by atoms with Gasteiger partial charge in [0.05, 0.1) is 17.8 Å². The number of likely N-dealkylation sites (tertiary alicyclic amines) is 1. The summed E-state index contributed by atoms with van der Waals surface area (Å²) in [6, 6.07) is 2.81. The van der Waals surface area contributed by atoms with E-state index in [0.29, 0.717) is 12.8 Å². The van der Waals surface area contributed by atoms with Gasteiger partial charge in [0.1, 0.15) is 10.7 Å². The number of carboxylic acid groups (broad SMARTS) is 1. The van der Waals surface area contributed by atoms with Crippen LogP contribution in [0.3, 0.4) is 0 Å². The van der Waals surface area contributed by atoms with Crippen molar-refractivity contribution in [1.82, 2.24) is 9.21 Å². The number of sulfonamides is 1. The first-order chi connectivity index (χ1) is 11.7. The topological polar surface area (TPSA) is 87.2 Å². The van der Waals surface area contributed by atoms with Crippen molar-refractivity contribution in [2.24, 2.45) is 0 Å². The molecule has 138 valence electrons. The first-order valence-electron chi connectivity index (χ1n) is 8.09. The highest BCUT2D eigenvalue weighted by Crippen LogP contribution is 2.32. The van der Waals surface area contributed by atoms with Gasteiger partial charge < -0.3 is 14.7 Å². The Balaban J connectivity index is 1.90. The normalized spacial score (nSPS) is 22.2. The van der Waals surface area contributed by atoms with Gasteiger partial charge in [0.25, 0.3) is 0 Å². The van der Waals surface area contributed by atoms with Gasteiger partial charge in [-0.2, -0.15) is 4.31 Å². The average Bonchev–Trinajstić information content (AvgIpc) is 2.58. The molecule has 0 radical (unpaired) electrons. The maximum absolute atomic E-state index is 14.1. The van der Waals surface area contributed by atoms with Crippen LogP contribution in [0.1, 0.15) is 23.2 Å². The fourth-order valence-corrected chi connectivity index (χ4v) is 4.91. The van der Waals surface area contributed by atoms with Gasteiger partial charge in [0.2, 0.25) is 10.0 Å². The van der Waals surface area contributed by atoms with Crippen molar-refractivity contribution in [2.45, 2.75) is 23.3 Å². The average molecular weight is 372 g/mol. The lowest BCUT2D eigenvalue weighted by Crippen LogP contribution is -2.57. The molecule has 0 bridgehead atoms. The van der Waals surface area contributed by atoms with Crippen LogP contribution in [0.25, 0.3) is 0 Å². The minimum Gasteiger partial charge on any atom is -0.478 e. The second kappa shape index (κ2) is 6.64. The number of ether oxygens (including phenoxy) is 1. The van der Waals surface area contributed by atoms with E-state index >= 15 is 0 Å². The van der Waals surface area contributed by atoms with Crippen LogP contribution >= 0.6 is 0 Å². The Morgan fingerprint density at radius 2 is 1.96 bits per heavy atom. The van der Waals surface area contributed by atoms with Gasteiger partial charge in [0.15, 0.2) is 0 Å². The van der Waals surface area contributed by atoms with Crippen LogP contribution in [0.15, 0.2) is 23.1 Å². The number of rotatable bonds is 3. The Morgan fingerprint density at radius 1 is 1.28 bits per heavy atom. The second-order valence-electron chi connectivity index (χ2n) is 6.62. The molecule has 1 aromatic carbocycles. The van der Waals surface area contributed by atoms with Crippen molar-refractivity contribution in [3.8, 4) is 0 Å². The zero-order valence-corrected chi connectivity index (χ0v) is 14.8. The Bertz CT molecular complexity index is 775. The SMILES string of the molecule is CN1CCC2(CC1)CN(S(=O)(=O)c1cc(C(=O)O)ccc1F)CCO2. The molecular formula is C16H21FN2O5S. The van der Waals surface area contributed by atoms with Gasteiger partial charge >= 0.3 is 5.97 Å². The lowest BCUT2D eigenvalue weighted by molar-refractivity contribution is -0.117. The standard InChI is InChI=1S/C16H21FN2O5S/c1-18-6-4-16(5-7-18)11-19(8-9-24-16)25(22,23)14-10-12(15(20)21)2-3-13(14)17/h2-3,10H,4-9,11H2,1H3,(H,20,21). The van der Waals surface area contributed by atoms with E-state index in [0.717, 1.165) is 31.3 Å². The molecule has 0 aliphatic carbocycles. The molecule has 2 aliphatic heterocycles. The van der Waals surface area contributed by atoms with Gasteiger partial charge in [-0.05, 0) is 38.1 Å². The van der Waals surface area contributed by atoms with Crippen molar-refractivity contribution < 1.29 is 27.4 Å². The maximum Gasteiger partial charge on any atom is 0.335 e. The van der Waals surface area contributed by atoms with E-state index in [4.69, 9.17) is 9.84 Å². The Kier molecular flexibility index (Phi) is 4.84. The molecule has 2 saturated heterocycles. The number of benzene rings is 1. The van der Waals surface area contributed by atoms with E-state index in [1.54, 1.807) is 0 Å². The Hall–Kier alpha value is -1.55. The first kappa shape index (κ1) is 18.2. The van der Waals surface area contributed by atoms with E-state index < -0.39 is 32.3 Å². The third kappa shape index (κ3) is 3.55. The second-order valence-corrected chi connectivity index (χ2v) is 8.53. The molecule has 7 nitrogen and oxygen atoms in total. The highest BCUT2D eigenvalue weighted by molar-refractivity contribution is 7.89. The summed E-state index contributed by atoms with van der Waals surface area (Å²) in [5, 5.41) is 9.04. The molecule has 3 rings (SSSR count). The third-order valence-electron chi connectivity index (χ3n) is 4.91. The van der Waals surface area contributed by atoms with Crippen molar-refractivity contribution in [3.05, 3.63) is 29.6 Å². The maximum atomic E-state index is 14.1. The molecule has 2 aliphatic rings. The summed E-state index contributed by atoms with van der Waals surface area (Å²) in [4.78, 5) is 12.6. The largest absolute Gasteiger partial charge is 0.478 e. The molecule has 9 heteroatoms. The van der Waals surface area contributed by atoms with Crippen LogP contribution < -0.4 is 0 Å². The van der Waals surface area contributed by atoms with Crippen LogP contribution in [-0.4, -0.2) is 74.1 Å². The molecule has 2 fully saturated rings. The molecule has 0 unspecified atom stereocenters. The quantitative estimate of drug-likeness (QED) is 0.852. The molecule has 1 N–H and O–H groups in total. The summed E-state index contributed by atoms with van der Waals surface area (Å²) in [5.74, 6) is -2.25. The number of carbonyl (C=O) groups is 1. The number of carboxylic acids is 1. The summed E-state index contributed by atoms with van der Waals surface area (Å²) < 4.78 is 47.0. The monoisotopic (exact) mass is 372 g/mol. The van der Waals surface area contributed by atoms with Crippen molar-refractivity contribution in [1.29, 1.82) is 0 Å². The van der Waals surface area contributed by atoms with Crippen LogP contribution in [0, 0.1) is 5.82 Å². The number of piperidine rings is 1. The minimum atomic E-state index is -4.14. The minimum absolute atomic E-state index is 0.122. The predicted molar refractivity (Wildman–Crippen MR) is 87.5 cm³/mol. The Morgan fingerprint density at radius 3 is 2.60 bits per heavy atom. The molecule has 0 atom stereocenters. The summed E-state index contributed by atoms with van der Waals surface area (Å²) in [6.07, 6.45) is 1.40. The van der Waals surface area contributed by atoms with E-state index in [9.17, 15) is 17.6 Å². The summed E-state index contributed by atoms with van der Waals surface area (Å²) in [6.45, 7) is 2.12. The first-order valence-corrected chi connectivity index (χ1v) is 9.53. The fraction of sp³-hybridized carbons (Fsp3) is 0.562. The number of nitrogens with zero attached hydrogens (tertiary/aromatic N) is 2. The lowest BCUT2D eigenvalue weighted by Gasteiger charge is -2.46. The van der Waals surface area contributed by atoms with Crippen LogP contribution in [-0.2, 0) is 14.8 Å². The predicted octanol–water partition coefficient (Wildman–Crippen LogP) is 1.01. The number of hydrogen-bond acceptors (Lipinski definition) is 5. The highest BCUT2D eigenvalue weighted by Gasteiger charge is 2.43. The van der Waals surface area contributed by atoms with Crippen LogP contribution in [0.5, 0.6) is 0 Å². The number of aromatic carboxylic acids is 1. The molecule has 0 saturated carbocycles. The van der Waals surface area contributed by atoms with Crippen LogP contribution in [0.2, 0.25) is 0 Å². The highest BCUT2D eigenvalue weighted by atomic mass is 32.2. The number of halogens is 1. The van der Waals surface area contributed by atoms with Crippen molar-refractivity contribution in [2.75, 3.05) is 39.8 Å². The molecule has 0 amide bonds. The van der Waals surface area contributed by atoms with E-state index in [-0.39, 0.29) is 25.3 Å².